The highest BCUT2D eigenvalue weighted by Gasteiger charge is 2.31. The van der Waals surface area contributed by atoms with Crippen molar-refractivity contribution >= 4 is 17.3 Å². The van der Waals surface area contributed by atoms with Gasteiger partial charge in [-0.15, -0.1) is 0 Å². The predicted molar refractivity (Wildman–Crippen MR) is 82.8 cm³/mol. The van der Waals surface area contributed by atoms with Gasteiger partial charge >= 0.3 is 0 Å². The van der Waals surface area contributed by atoms with Gasteiger partial charge in [-0.05, 0) is 50.6 Å². The number of likely N-dealkylation sites (tertiary alicyclic amines) is 1. The molecule has 1 atom stereocenters. The van der Waals surface area contributed by atoms with Crippen LogP contribution in [0.1, 0.15) is 26.2 Å². The molecule has 1 aliphatic rings. The molecule has 1 aromatic carbocycles. The Morgan fingerprint density at radius 2 is 2.20 bits per heavy atom. The van der Waals surface area contributed by atoms with Gasteiger partial charge in [0.2, 0.25) is 0 Å². The second-order valence-electron chi connectivity index (χ2n) is 5.52. The molecule has 3 N–H and O–H groups in total. The van der Waals surface area contributed by atoms with Gasteiger partial charge in [-0.2, -0.15) is 0 Å². The lowest BCUT2D eigenvalue weighted by molar-refractivity contribution is 0.293. The first-order valence-corrected chi connectivity index (χ1v) is 7.62. The van der Waals surface area contributed by atoms with E-state index in [0.717, 1.165) is 38.9 Å². The molecule has 0 spiro atoms. The number of halogens is 2. The van der Waals surface area contributed by atoms with Gasteiger partial charge in [0.15, 0.2) is 0 Å². The first kappa shape index (κ1) is 15.5. The molecule has 20 heavy (non-hydrogen) atoms. The smallest absolute Gasteiger partial charge is 0.125 e. The zero-order chi connectivity index (χ0) is 14.6. The van der Waals surface area contributed by atoms with E-state index in [-0.39, 0.29) is 11.4 Å². The van der Waals surface area contributed by atoms with Crippen molar-refractivity contribution in [2.75, 3.05) is 31.5 Å². The molecule has 3 nitrogen and oxygen atoms in total. The molecule has 0 aromatic heterocycles. The van der Waals surface area contributed by atoms with Crippen molar-refractivity contribution < 1.29 is 4.39 Å². The minimum absolute atomic E-state index is 0.193. The minimum atomic E-state index is -0.284. The van der Waals surface area contributed by atoms with Gasteiger partial charge in [0.05, 0.1) is 16.2 Å². The van der Waals surface area contributed by atoms with Crippen molar-refractivity contribution in [3.05, 3.63) is 29.0 Å². The number of rotatable bonds is 4. The van der Waals surface area contributed by atoms with Crippen LogP contribution in [0.15, 0.2) is 18.2 Å². The summed E-state index contributed by atoms with van der Waals surface area (Å²) in [6.07, 6.45) is 3.02. The van der Waals surface area contributed by atoms with Crippen LogP contribution in [-0.2, 0) is 0 Å². The lowest BCUT2D eigenvalue weighted by atomic mass is 9.90. The van der Waals surface area contributed by atoms with Gasteiger partial charge in [0, 0.05) is 13.1 Å². The van der Waals surface area contributed by atoms with Gasteiger partial charge < -0.3 is 16.0 Å². The van der Waals surface area contributed by atoms with E-state index in [1.165, 1.54) is 12.1 Å². The molecule has 0 radical (unpaired) electrons. The molecule has 2 rings (SSSR count). The van der Waals surface area contributed by atoms with Gasteiger partial charge in [0.1, 0.15) is 5.82 Å². The Bertz CT molecular complexity index is 455. The Hall–Kier alpha value is -0.840. The topological polar surface area (TPSA) is 41.3 Å². The monoisotopic (exact) mass is 299 g/mol. The van der Waals surface area contributed by atoms with Crippen LogP contribution in [0.25, 0.3) is 0 Å². The number of nitrogens with two attached hydrogens (primary N) is 1. The van der Waals surface area contributed by atoms with Crippen molar-refractivity contribution in [2.45, 2.75) is 31.7 Å². The predicted octanol–water partition coefficient (Wildman–Crippen LogP) is 3.09. The quantitative estimate of drug-likeness (QED) is 0.898. The third-order valence-corrected chi connectivity index (χ3v) is 4.53. The van der Waals surface area contributed by atoms with E-state index in [9.17, 15) is 4.39 Å². The van der Waals surface area contributed by atoms with Crippen molar-refractivity contribution in [2.24, 2.45) is 5.73 Å². The average molecular weight is 300 g/mol. The molecule has 1 fully saturated rings. The summed E-state index contributed by atoms with van der Waals surface area (Å²) in [7, 11) is 0. The SMILES string of the molecule is CCN1CCCC(CN)(Nc2cc(F)ccc2Cl)CC1. The van der Waals surface area contributed by atoms with E-state index in [0.29, 0.717) is 17.3 Å². The number of hydrogen-bond acceptors (Lipinski definition) is 3. The Morgan fingerprint density at radius 3 is 2.90 bits per heavy atom. The maximum atomic E-state index is 13.4. The van der Waals surface area contributed by atoms with Crippen LogP contribution in [0.2, 0.25) is 5.02 Å². The standard InChI is InChI=1S/C15H23ClFN3/c1-2-20-8-3-6-15(11-18,7-9-20)19-14-10-12(17)4-5-13(14)16/h4-5,10,19H,2-3,6-9,11,18H2,1H3. The van der Waals surface area contributed by atoms with Gasteiger partial charge in [-0.25, -0.2) is 4.39 Å². The Kier molecular flexibility index (Phi) is 5.24. The lowest BCUT2D eigenvalue weighted by Gasteiger charge is -2.34. The van der Waals surface area contributed by atoms with E-state index in [4.69, 9.17) is 17.3 Å². The average Bonchev–Trinajstić information content (AvgIpc) is 2.66. The number of nitrogens with one attached hydrogen (secondary N) is 1. The van der Waals surface area contributed by atoms with Crippen LogP contribution >= 0.6 is 11.6 Å². The lowest BCUT2D eigenvalue weighted by Crippen LogP contribution is -2.46. The molecule has 0 bridgehead atoms. The molecule has 1 heterocycles. The van der Waals surface area contributed by atoms with Gasteiger partial charge in [-0.3, -0.25) is 0 Å². The molecule has 1 unspecified atom stereocenters. The summed E-state index contributed by atoms with van der Waals surface area (Å²) >= 11 is 6.15. The van der Waals surface area contributed by atoms with Crippen molar-refractivity contribution in [1.82, 2.24) is 4.90 Å². The van der Waals surface area contributed by atoms with E-state index in [2.05, 4.69) is 17.1 Å². The van der Waals surface area contributed by atoms with Crippen molar-refractivity contribution in [3.63, 3.8) is 0 Å². The minimum Gasteiger partial charge on any atom is -0.377 e. The molecule has 1 saturated heterocycles. The maximum absolute atomic E-state index is 13.4. The highest BCUT2D eigenvalue weighted by molar-refractivity contribution is 6.33. The van der Waals surface area contributed by atoms with Crippen LogP contribution in [0.4, 0.5) is 10.1 Å². The van der Waals surface area contributed by atoms with E-state index >= 15 is 0 Å². The molecule has 0 saturated carbocycles. The van der Waals surface area contributed by atoms with Crippen LogP contribution in [0.3, 0.4) is 0 Å². The molecule has 5 heteroatoms. The molecule has 112 valence electrons. The summed E-state index contributed by atoms with van der Waals surface area (Å²) in [4.78, 5) is 2.42. The Balaban J connectivity index is 2.16. The fraction of sp³-hybridized carbons (Fsp3) is 0.600. The van der Waals surface area contributed by atoms with Crippen LogP contribution in [-0.4, -0.2) is 36.6 Å². The Morgan fingerprint density at radius 1 is 1.40 bits per heavy atom. The van der Waals surface area contributed by atoms with Gasteiger partial charge in [0.25, 0.3) is 0 Å². The maximum Gasteiger partial charge on any atom is 0.125 e. The third-order valence-electron chi connectivity index (χ3n) is 4.20. The highest BCUT2D eigenvalue weighted by Crippen LogP contribution is 2.30. The van der Waals surface area contributed by atoms with E-state index in [1.54, 1.807) is 6.07 Å². The summed E-state index contributed by atoms with van der Waals surface area (Å²) in [6.45, 7) is 5.86. The summed E-state index contributed by atoms with van der Waals surface area (Å²) < 4.78 is 13.4. The summed E-state index contributed by atoms with van der Waals surface area (Å²) in [5.74, 6) is -0.284. The molecular weight excluding hydrogens is 277 g/mol. The van der Waals surface area contributed by atoms with E-state index < -0.39 is 0 Å². The molecule has 1 aromatic rings. The molecule has 0 aliphatic carbocycles. The fourth-order valence-corrected chi connectivity index (χ4v) is 2.99. The molecular formula is C15H23ClFN3. The largest absolute Gasteiger partial charge is 0.377 e. The van der Waals surface area contributed by atoms with Crippen LogP contribution in [0, 0.1) is 5.82 Å². The van der Waals surface area contributed by atoms with E-state index in [1.807, 2.05) is 0 Å². The Labute approximate surface area is 125 Å². The number of anilines is 1. The van der Waals surface area contributed by atoms with Crippen LogP contribution in [0.5, 0.6) is 0 Å². The van der Waals surface area contributed by atoms with Crippen molar-refractivity contribution in [1.29, 1.82) is 0 Å². The zero-order valence-corrected chi connectivity index (χ0v) is 12.7. The van der Waals surface area contributed by atoms with Gasteiger partial charge in [-0.1, -0.05) is 18.5 Å². The highest BCUT2D eigenvalue weighted by atomic mass is 35.5. The molecule has 1 aliphatic heterocycles. The zero-order valence-electron chi connectivity index (χ0n) is 12.0. The second kappa shape index (κ2) is 6.74. The summed E-state index contributed by atoms with van der Waals surface area (Å²) in [6, 6.07) is 4.40. The first-order valence-electron chi connectivity index (χ1n) is 7.24. The van der Waals surface area contributed by atoms with Crippen molar-refractivity contribution in [3.8, 4) is 0 Å². The number of nitrogens with zero attached hydrogens (tertiary/aromatic N) is 1. The number of hydrogen-bond donors (Lipinski definition) is 2. The third kappa shape index (κ3) is 3.62. The number of benzene rings is 1. The second-order valence-corrected chi connectivity index (χ2v) is 5.93. The molecule has 0 amide bonds. The summed E-state index contributed by atoms with van der Waals surface area (Å²) in [5, 5.41) is 3.95. The normalized spacial score (nSPS) is 24.4. The fourth-order valence-electron chi connectivity index (χ4n) is 2.83. The summed E-state index contributed by atoms with van der Waals surface area (Å²) in [5.41, 5.74) is 6.46. The van der Waals surface area contributed by atoms with Crippen LogP contribution < -0.4 is 11.1 Å². The first-order chi connectivity index (χ1) is 9.58.